The Morgan fingerprint density at radius 2 is 1.71 bits per heavy atom. The first kappa shape index (κ1) is 36.1. The molecule has 2 rings (SSSR count). The summed E-state index contributed by atoms with van der Waals surface area (Å²) in [4.78, 5) is 48.2. The largest absolute Gasteiger partial charge is 1.00 e. The fraction of sp³-hybridized carbons (Fsp3) is 0.615. The van der Waals surface area contributed by atoms with E-state index >= 15 is 0 Å². The van der Waals surface area contributed by atoms with E-state index in [4.69, 9.17) is 4.74 Å². The molecular weight excluding hydrogens is 591 g/mol. The zero-order valence-corrected chi connectivity index (χ0v) is 31.7. The molecule has 1 aromatic carbocycles. The minimum absolute atomic E-state index is 0. The van der Waals surface area contributed by atoms with Gasteiger partial charge >= 0.3 is 116 Å². The van der Waals surface area contributed by atoms with Gasteiger partial charge in [-0.3, -0.25) is 9.59 Å². The van der Waals surface area contributed by atoms with E-state index in [1.165, 1.54) is 6.42 Å². The summed E-state index contributed by atoms with van der Waals surface area (Å²) in [5.41, 5.74) is 1.20. The molecule has 0 spiro atoms. The van der Waals surface area contributed by atoms with Crippen LogP contribution in [0.3, 0.4) is 0 Å². The second-order valence-corrected chi connectivity index (χ2v) is 9.03. The van der Waals surface area contributed by atoms with Gasteiger partial charge in [0.15, 0.2) is 0 Å². The molecule has 1 saturated carbocycles. The maximum atomic E-state index is 12.4. The van der Waals surface area contributed by atoms with Crippen LogP contribution >= 0.6 is 0 Å². The molecule has 1 atom stereocenters. The van der Waals surface area contributed by atoms with E-state index in [1.807, 2.05) is 0 Å². The third kappa shape index (κ3) is 15.9. The molecule has 1 unspecified atom stereocenters. The SMILES string of the molecule is CC(C)CCCCOCC[N-]C(=O)CC(=O)[N-]c1ccc(CC(=O)C2CCCCC2=O)cc1.[Rb+].[Rb+]. The minimum Gasteiger partial charge on any atom is -0.651 e. The first-order valence-electron chi connectivity index (χ1n) is 12.0. The van der Waals surface area contributed by atoms with Gasteiger partial charge < -0.3 is 25.0 Å². The molecule has 1 fully saturated rings. The maximum absolute atomic E-state index is 12.4. The zero-order chi connectivity index (χ0) is 24.1. The molecule has 0 N–H and O–H groups in total. The number of ketones is 2. The Kier molecular flexibility index (Phi) is 21.6. The summed E-state index contributed by atoms with van der Waals surface area (Å²) in [6, 6.07) is 6.72. The first-order chi connectivity index (χ1) is 15.8. The van der Waals surface area contributed by atoms with E-state index in [0.29, 0.717) is 37.7 Å². The normalized spacial score (nSPS) is 15.1. The molecule has 9 heteroatoms. The molecular formula is C26H36N2O5Rb2. The fourth-order valence-electron chi connectivity index (χ4n) is 3.80. The van der Waals surface area contributed by atoms with Gasteiger partial charge in [0.2, 0.25) is 0 Å². The number of Topliss-reactive ketones (excluding diaryl/α,β-unsaturated/α-hetero) is 2. The van der Waals surface area contributed by atoms with Crippen LogP contribution in [0.2, 0.25) is 0 Å². The summed E-state index contributed by atoms with van der Waals surface area (Å²) in [5.74, 6) is -0.851. The van der Waals surface area contributed by atoms with Crippen molar-refractivity contribution >= 4 is 29.1 Å². The molecule has 0 aromatic heterocycles. The number of rotatable bonds is 14. The molecule has 182 valence electrons. The van der Waals surface area contributed by atoms with Crippen LogP contribution in [0.1, 0.15) is 70.8 Å². The van der Waals surface area contributed by atoms with Crippen molar-refractivity contribution in [2.45, 2.75) is 71.6 Å². The van der Waals surface area contributed by atoms with Gasteiger partial charge in [0.25, 0.3) is 0 Å². The van der Waals surface area contributed by atoms with E-state index in [0.717, 1.165) is 31.2 Å². The van der Waals surface area contributed by atoms with Crippen LogP contribution in [-0.4, -0.2) is 43.1 Å². The third-order valence-corrected chi connectivity index (χ3v) is 5.66. The Morgan fingerprint density at radius 3 is 2.37 bits per heavy atom. The monoisotopic (exact) mass is 626 g/mol. The van der Waals surface area contributed by atoms with Gasteiger partial charge in [0.1, 0.15) is 11.6 Å². The average Bonchev–Trinajstić information content (AvgIpc) is 2.77. The van der Waals surface area contributed by atoms with Crippen LogP contribution in [0.15, 0.2) is 24.3 Å². The van der Waals surface area contributed by atoms with Gasteiger partial charge in [0.05, 0.1) is 17.7 Å². The Labute approximate surface area is 307 Å². The quantitative estimate of drug-likeness (QED) is 0.199. The second-order valence-electron chi connectivity index (χ2n) is 9.03. The standard InChI is InChI=1S/C26H38N2O5.2Rb/c1-19(2)7-5-6-15-33-16-14-27-25(31)18-26(32)28-21-12-10-20(11-13-21)17-24(30)22-8-3-4-9-23(22)29;;/h10-13,19,22H,3-9,14-18H2,1-2H3,(H2,27,28,31,32);;/q;2*+1/p-2. The number of hydrogen-bond donors (Lipinski definition) is 0. The summed E-state index contributed by atoms with van der Waals surface area (Å²) >= 11 is 0. The topological polar surface area (TPSA) is 106 Å². The number of ether oxygens (including phenoxy) is 1. The number of hydrogen-bond acceptors (Lipinski definition) is 5. The van der Waals surface area contributed by atoms with Crippen LogP contribution in [0.25, 0.3) is 10.6 Å². The number of benzene rings is 1. The van der Waals surface area contributed by atoms with Crippen molar-refractivity contribution in [2.75, 3.05) is 19.8 Å². The van der Waals surface area contributed by atoms with E-state index in [2.05, 4.69) is 24.5 Å². The van der Waals surface area contributed by atoms with Crippen LogP contribution in [0, 0.1) is 11.8 Å². The summed E-state index contributed by atoms with van der Waals surface area (Å²) in [5, 5.41) is 7.76. The van der Waals surface area contributed by atoms with Gasteiger partial charge in [-0.15, -0.1) is 12.2 Å². The fourth-order valence-corrected chi connectivity index (χ4v) is 3.80. The third-order valence-electron chi connectivity index (χ3n) is 5.66. The van der Waals surface area contributed by atoms with Gasteiger partial charge in [-0.2, -0.15) is 0 Å². The predicted molar refractivity (Wildman–Crippen MR) is 128 cm³/mol. The summed E-state index contributed by atoms with van der Waals surface area (Å²) in [6.07, 6.45) is 6.04. The molecule has 7 nitrogen and oxygen atoms in total. The Bertz CT molecular complexity index is 799. The predicted octanol–water partition coefficient (Wildman–Crippen LogP) is -0.769. The molecule has 35 heavy (non-hydrogen) atoms. The van der Waals surface area contributed by atoms with Crippen LogP contribution in [-0.2, 0) is 30.3 Å². The number of carbonyl (C=O) groups is 4. The van der Waals surface area contributed by atoms with E-state index in [1.54, 1.807) is 24.3 Å². The van der Waals surface area contributed by atoms with Crippen LogP contribution in [0.4, 0.5) is 5.69 Å². The van der Waals surface area contributed by atoms with E-state index in [-0.39, 0.29) is 147 Å². The Morgan fingerprint density at radius 1 is 1.00 bits per heavy atom. The average molecular weight is 628 g/mol. The molecule has 0 heterocycles. The molecule has 1 aromatic rings. The number of carbonyl (C=O) groups excluding carboxylic acids is 4. The Hall–Kier alpha value is 1.07. The molecule has 0 radical (unpaired) electrons. The molecule has 1 aliphatic rings. The number of nitrogens with zero attached hydrogens (tertiary/aromatic N) is 2. The molecule has 0 bridgehead atoms. The van der Waals surface area contributed by atoms with Crippen molar-refractivity contribution in [3.63, 3.8) is 0 Å². The Balaban J connectivity index is 0.00000578. The van der Waals surface area contributed by atoms with Crippen molar-refractivity contribution in [3.8, 4) is 0 Å². The smallest absolute Gasteiger partial charge is 0.651 e. The van der Waals surface area contributed by atoms with Crippen molar-refractivity contribution in [3.05, 3.63) is 40.5 Å². The minimum atomic E-state index is -0.560. The molecule has 1 aliphatic carbocycles. The molecule has 2 amide bonds. The number of amides is 2. The summed E-state index contributed by atoms with van der Waals surface area (Å²) < 4.78 is 5.45. The van der Waals surface area contributed by atoms with Crippen molar-refractivity contribution in [2.24, 2.45) is 11.8 Å². The van der Waals surface area contributed by atoms with Crippen molar-refractivity contribution in [1.82, 2.24) is 0 Å². The van der Waals surface area contributed by atoms with Crippen LogP contribution < -0.4 is 116 Å². The van der Waals surface area contributed by atoms with E-state index < -0.39 is 17.7 Å². The maximum Gasteiger partial charge on any atom is 1.00 e. The van der Waals surface area contributed by atoms with E-state index in [9.17, 15) is 19.2 Å². The summed E-state index contributed by atoms with van der Waals surface area (Å²) in [7, 11) is 0. The van der Waals surface area contributed by atoms with Gasteiger partial charge in [0, 0.05) is 32.5 Å². The summed E-state index contributed by atoms with van der Waals surface area (Å²) in [6.45, 7) is 5.65. The van der Waals surface area contributed by atoms with Crippen molar-refractivity contribution in [1.29, 1.82) is 0 Å². The molecule has 0 saturated heterocycles. The zero-order valence-electron chi connectivity index (χ0n) is 21.9. The van der Waals surface area contributed by atoms with Crippen LogP contribution in [0.5, 0.6) is 0 Å². The van der Waals surface area contributed by atoms with Gasteiger partial charge in [-0.05, 0) is 30.7 Å². The van der Waals surface area contributed by atoms with Crippen molar-refractivity contribution < 1.29 is 140 Å². The van der Waals surface area contributed by atoms with Gasteiger partial charge in [-0.1, -0.05) is 57.4 Å². The van der Waals surface area contributed by atoms with Gasteiger partial charge in [-0.25, -0.2) is 0 Å². The molecule has 0 aliphatic heterocycles. The first-order valence-corrected chi connectivity index (χ1v) is 12.0. The number of unbranched alkanes of at least 4 members (excludes halogenated alkanes) is 1. The second kappa shape index (κ2) is 21.0.